The highest BCUT2D eigenvalue weighted by molar-refractivity contribution is 5.95. The van der Waals surface area contributed by atoms with E-state index in [4.69, 9.17) is 15.2 Å². The molecule has 1 rings (SSSR count). The molecule has 0 atom stereocenters. The van der Waals surface area contributed by atoms with Crippen molar-refractivity contribution in [1.29, 1.82) is 0 Å². The molecule has 0 fully saturated rings. The molecule has 118 valence electrons. The Morgan fingerprint density at radius 3 is 2.33 bits per heavy atom. The maximum absolute atomic E-state index is 12.5. The minimum absolute atomic E-state index is 0.0604. The molecule has 8 heteroatoms. The van der Waals surface area contributed by atoms with E-state index in [2.05, 4.69) is 0 Å². The largest absolute Gasteiger partial charge is 0.493 e. The number of nitrogens with zero attached hydrogens (tertiary/aromatic N) is 1. The summed E-state index contributed by atoms with van der Waals surface area (Å²) in [5, 5.41) is 0. The van der Waals surface area contributed by atoms with E-state index in [1.54, 1.807) is 0 Å². The molecule has 0 saturated heterocycles. The number of amides is 1. The van der Waals surface area contributed by atoms with E-state index in [0.717, 1.165) is 0 Å². The van der Waals surface area contributed by atoms with Crippen LogP contribution < -0.4 is 15.2 Å². The molecule has 0 aromatic heterocycles. The number of halogens is 3. The second kappa shape index (κ2) is 7.16. The molecule has 0 saturated carbocycles. The van der Waals surface area contributed by atoms with Gasteiger partial charge in [-0.2, -0.15) is 13.2 Å². The topological polar surface area (TPSA) is 64.8 Å². The van der Waals surface area contributed by atoms with Crippen molar-refractivity contribution in [3.63, 3.8) is 0 Å². The van der Waals surface area contributed by atoms with Gasteiger partial charge in [0.1, 0.15) is 6.54 Å². The third-order valence-electron chi connectivity index (χ3n) is 2.69. The first-order valence-electron chi connectivity index (χ1n) is 6.10. The number of ether oxygens (including phenoxy) is 2. The Hall–Kier alpha value is -1.96. The zero-order valence-corrected chi connectivity index (χ0v) is 11.7. The summed E-state index contributed by atoms with van der Waals surface area (Å²) in [7, 11) is 2.79. The van der Waals surface area contributed by atoms with Crippen LogP contribution in [0.1, 0.15) is 10.4 Å². The Labute approximate surface area is 120 Å². The van der Waals surface area contributed by atoms with E-state index in [0.29, 0.717) is 10.6 Å². The molecule has 1 aromatic carbocycles. The van der Waals surface area contributed by atoms with Crippen LogP contribution in [-0.2, 0) is 0 Å². The van der Waals surface area contributed by atoms with Gasteiger partial charge >= 0.3 is 6.18 Å². The van der Waals surface area contributed by atoms with E-state index in [1.165, 1.54) is 32.4 Å². The monoisotopic (exact) mass is 306 g/mol. The van der Waals surface area contributed by atoms with Gasteiger partial charge in [0.2, 0.25) is 0 Å². The smallest absolute Gasteiger partial charge is 0.406 e. The summed E-state index contributed by atoms with van der Waals surface area (Å²) in [5.74, 6) is -0.114. The molecule has 1 aromatic rings. The summed E-state index contributed by atoms with van der Waals surface area (Å²) in [5.41, 5.74) is 5.33. The van der Waals surface area contributed by atoms with Gasteiger partial charge in [-0.25, -0.2) is 0 Å². The van der Waals surface area contributed by atoms with Crippen molar-refractivity contribution in [1.82, 2.24) is 4.90 Å². The van der Waals surface area contributed by atoms with Gasteiger partial charge in [-0.05, 0) is 18.2 Å². The molecule has 0 aliphatic rings. The molecular formula is C13H17F3N2O3. The molecule has 2 N–H and O–H groups in total. The molecule has 0 aliphatic carbocycles. The molecule has 0 heterocycles. The normalized spacial score (nSPS) is 11.1. The van der Waals surface area contributed by atoms with E-state index in [-0.39, 0.29) is 24.4 Å². The second-order valence-corrected chi connectivity index (χ2v) is 4.20. The SMILES string of the molecule is COc1ccc(C(=O)N(CCN)CC(F)(F)F)cc1OC. The predicted octanol–water partition coefficient (Wildman–Crippen LogP) is 1.67. The number of methoxy groups -OCH3 is 2. The first kappa shape index (κ1) is 17.1. The average molecular weight is 306 g/mol. The fraction of sp³-hybridized carbons (Fsp3) is 0.462. The summed E-state index contributed by atoms with van der Waals surface area (Å²) >= 11 is 0. The third kappa shape index (κ3) is 4.82. The van der Waals surface area contributed by atoms with Crippen LogP contribution in [0.4, 0.5) is 13.2 Å². The van der Waals surface area contributed by atoms with Crippen LogP contribution >= 0.6 is 0 Å². The fourth-order valence-electron chi connectivity index (χ4n) is 1.78. The molecular weight excluding hydrogens is 289 g/mol. The van der Waals surface area contributed by atoms with Crippen molar-refractivity contribution in [3.8, 4) is 11.5 Å². The summed E-state index contributed by atoms with van der Waals surface area (Å²) in [6.45, 7) is -1.60. The second-order valence-electron chi connectivity index (χ2n) is 4.20. The number of carbonyl (C=O) groups is 1. The Morgan fingerprint density at radius 1 is 1.24 bits per heavy atom. The quantitative estimate of drug-likeness (QED) is 0.868. The highest BCUT2D eigenvalue weighted by Crippen LogP contribution is 2.28. The number of carbonyl (C=O) groups excluding carboxylic acids is 1. The number of benzene rings is 1. The maximum atomic E-state index is 12.5. The zero-order chi connectivity index (χ0) is 16.0. The van der Waals surface area contributed by atoms with Gasteiger partial charge in [0.05, 0.1) is 14.2 Å². The molecule has 0 unspecified atom stereocenters. The van der Waals surface area contributed by atoms with Crippen molar-refractivity contribution in [2.24, 2.45) is 5.73 Å². The summed E-state index contributed by atoms with van der Waals surface area (Å²) < 4.78 is 47.5. The summed E-state index contributed by atoms with van der Waals surface area (Å²) in [6, 6.07) is 4.17. The van der Waals surface area contributed by atoms with Crippen LogP contribution in [0.5, 0.6) is 11.5 Å². The number of hydrogen-bond donors (Lipinski definition) is 1. The van der Waals surface area contributed by atoms with Crippen molar-refractivity contribution in [2.45, 2.75) is 6.18 Å². The van der Waals surface area contributed by atoms with Crippen molar-refractivity contribution in [2.75, 3.05) is 33.9 Å². The lowest BCUT2D eigenvalue weighted by molar-refractivity contribution is -0.140. The molecule has 5 nitrogen and oxygen atoms in total. The Morgan fingerprint density at radius 2 is 1.86 bits per heavy atom. The number of hydrogen-bond acceptors (Lipinski definition) is 4. The Balaban J connectivity index is 3.03. The minimum Gasteiger partial charge on any atom is -0.493 e. The molecule has 0 bridgehead atoms. The van der Waals surface area contributed by atoms with Crippen LogP contribution in [0.15, 0.2) is 18.2 Å². The molecule has 0 spiro atoms. The Kier molecular flexibility index (Phi) is 5.83. The first-order chi connectivity index (χ1) is 9.82. The van der Waals surface area contributed by atoms with Crippen LogP contribution in [0.3, 0.4) is 0 Å². The highest BCUT2D eigenvalue weighted by atomic mass is 19.4. The standard InChI is InChI=1S/C13H17F3N2O3/c1-20-10-4-3-9(7-11(10)21-2)12(19)18(6-5-17)8-13(14,15)16/h3-4,7H,5-6,8,17H2,1-2H3. The van der Waals surface area contributed by atoms with Crippen molar-refractivity contribution >= 4 is 5.91 Å². The number of alkyl halides is 3. The lowest BCUT2D eigenvalue weighted by atomic mass is 10.1. The van der Waals surface area contributed by atoms with Gasteiger partial charge in [0.25, 0.3) is 5.91 Å². The van der Waals surface area contributed by atoms with E-state index in [9.17, 15) is 18.0 Å². The van der Waals surface area contributed by atoms with Gasteiger partial charge in [-0.15, -0.1) is 0 Å². The zero-order valence-electron chi connectivity index (χ0n) is 11.7. The molecule has 0 aliphatic heterocycles. The lowest BCUT2D eigenvalue weighted by Crippen LogP contribution is -2.41. The van der Waals surface area contributed by atoms with E-state index < -0.39 is 18.6 Å². The average Bonchev–Trinajstić information content (AvgIpc) is 2.43. The van der Waals surface area contributed by atoms with Crippen LogP contribution in [-0.4, -0.2) is 50.8 Å². The Bertz CT molecular complexity index is 492. The highest BCUT2D eigenvalue weighted by Gasteiger charge is 2.33. The molecule has 1 amide bonds. The van der Waals surface area contributed by atoms with Gasteiger partial charge in [-0.3, -0.25) is 4.79 Å². The number of nitrogens with two attached hydrogens (primary N) is 1. The van der Waals surface area contributed by atoms with Gasteiger partial charge in [0, 0.05) is 18.7 Å². The van der Waals surface area contributed by atoms with E-state index in [1.807, 2.05) is 0 Å². The summed E-state index contributed by atoms with van der Waals surface area (Å²) in [4.78, 5) is 12.8. The minimum atomic E-state index is -4.48. The fourth-order valence-corrected chi connectivity index (χ4v) is 1.78. The van der Waals surface area contributed by atoms with Crippen LogP contribution in [0, 0.1) is 0 Å². The van der Waals surface area contributed by atoms with Gasteiger partial charge in [-0.1, -0.05) is 0 Å². The van der Waals surface area contributed by atoms with Crippen LogP contribution in [0.25, 0.3) is 0 Å². The van der Waals surface area contributed by atoms with Gasteiger partial charge < -0.3 is 20.1 Å². The predicted molar refractivity (Wildman–Crippen MR) is 70.6 cm³/mol. The lowest BCUT2D eigenvalue weighted by Gasteiger charge is -2.23. The third-order valence-corrected chi connectivity index (χ3v) is 2.69. The maximum Gasteiger partial charge on any atom is 0.406 e. The van der Waals surface area contributed by atoms with Crippen LogP contribution in [0.2, 0.25) is 0 Å². The molecule has 21 heavy (non-hydrogen) atoms. The van der Waals surface area contributed by atoms with Crippen molar-refractivity contribution in [3.05, 3.63) is 23.8 Å². The number of rotatable bonds is 6. The molecule has 0 radical (unpaired) electrons. The van der Waals surface area contributed by atoms with Crippen molar-refractivity contribution < 1.29 is 27.4 Å². The van der Waals surface area contributed by atoms with Gasteiger partial charge in [0.15, 0.2) is 11.5 Å². The summed E-state index contributed by atoms with van der Waals surface area (Å²) in [6.07, 6.45) is -4.48. The first-order valence-corrected chi connectivity index (χ1v) is 6.10. The van der Waals surface area contributed by atoms with E-state index >= 15 is 0 Å².